The van der Waals surface area contributed by atoms with Crippen molar-refractivity contribution in [3.63, 3.8) is 0 Å². The summed E-state index contributed by atoms with van der Waals surface area (Å²) in [6, 6.07) is 0. The van der Waals surface area contributed by atoms with E-state index in [0.717, 1.165) is 38.4 Å². The van der Waals surface area contributed by atoms with Gasteiger partial charge in [-0.2, -0.15) is 0 Å². The molecule has 2 heterocycles. The van der Waals surface area contributed by atoms with E-state index < -0.39 is 0 Å². The summed E-state index contributed by atoms with van der Waals surface area (Å²) in [6.45, 7) is 9.09. The predicted molar refractivity (Wildman–Crippen MR) is 95.8 cm³/mol. The topological polar surface area (TPSA) is 50.2 Å². The summed E-state index contributed by atoms with van der Waals surface area (Å²) in [7, 11) is 0. The summed E-state index contributed by atoms with van der Waals surface area (Å²) in [4.78, 5) is 19.3. The molecule has 0 radical (unpaired) electrons. The van der Waals surface area contributed by atoms with Gasteiger partial charge in [0, 0.05) is 32.4 Å². The van der Waals surface area contributed by atoms with Gasteiger partial charge in [0.25, 0.3) is 5.91 Å². The van der Waals surface area contributed by atoms with Gasteiger partial charge < -0.3 is 9.88 Å². The van der Waals surface area contributed by atoms with Gasteiger partial charge in [-0.1, -0.05) is 25.5 Å². The summed E-state index contributed by atoms with van der Waals surface area (Å²) in [5.74, 6) is 1.63. The second-order valence-electron chi connectivity index (χ2n) is 7.48. The minimum Gasteiger partial charge on any atom is -0.350 e. The molecule has 1 aromatic rings. The van der Waals surface area contributed by atoms with E-state index in [4.69, 9.17) is 0 Å². The third-order valence-corrected chi connectivity index (χ3v) is 4.85. The second-order valence-corrected chi connectivity index (χ2v) is 7.48. The molecule has 2 aliphatic rings. The van der Waals surface area contributed by atoms with Gasteiger partial charge in [0.1, 0.15) is 11.5 Å². The third-order valence-electron chi connectivity index (χ3n) is 4.85. The van der Waals surface area contributed by atoms with E-state index in [9.17, 15) is 4.79 Å². The first kappa shape index (κ1) is 17.2. The molecule has 1 aromatic heterocycles. The molecule has 0 atom stereocenters. The van der Waals surface area contributed by atoms with Gasteiger partial charge in [-0.05, 0) is 38.0 Å². The minimum atomic E-state index is -0.0382. The lowest BCUT2D eigenvalue weighted by atomic mass is 9.97. The van der Waals surface area contributed by atoms with Crippen molar-refractivity contribution in [1.29, 1.82) is 0 Å². The first-order valence-corrected chi connectivity index (χ1v) is 9.36. The number of amides is 1. The zero-order chi connectivity index (χ0) is 16.9. The van der Waals surface area contributed by atoms with E-state index in [2.05, 4.69) is 39.7 Å². The highest BCUT2D eigenvalue weighted by atomic mass is 16.1. The zero-order valence-electron chi connectivity index (χ0n) is 15.1. The summed E-state index contributed by atoms with van der Waals surface area (Å²) in [6.07, 6.45) is 10.2. The van der Waals surface area contributed by atoms with E-state index in [1.54, 1.807) is 0 Å². The molecule has 5 heteroatoms. The van der Waals surface area contributed by atoms with Gasteiger partial charge in [-0.3, -0.25) is 9.69 Å². The fraction of sp³-hybridized carbons (Fsp3) is 0.684. The van der Waals surface area contributed by atoms with Crippen molar-refractivity contribution in [2.45, 2.75) is 59.0 Å². The first-order chi connectivity index (χ1) is 11.6. The van der Waals surface area contributed by atoms with Gasteiger partial charge >= 0.3 is 0 Å². The Labute approximate surface area is 145 Å². The molecule has 0 saturated carbocycles. The monoisotopic (exact) mass is 330 g/mol. The second kappa shape index (κ2) is 7.97. The molecule has 0 unspecified atom stereocenters. The molecule has 1 N–H and O–H groups in total. The normalized spacial score (nSPS) is 18.4. The zero-order valence-corrected chi connectivity index (χ0v) is 15.1. The Hall–Kier alpha value is -1.62. The van der Waals surface area contributed by atoms with Gasteiger partial charge in [-0.25, -0.2) is 4.98 Å². The average Bonchev–Trinajstić information content (AvgIpc) is 2.98. The van der Waals surface area contributed by atoms with Crippen molar-refractivity contribution < 1.29 is 4.79 Å². The van der Waals surface area contributed by atoms with Crippen LogP contribution in [0.2, 0.25) is 0 Å². The van der Waals surface area contributed by atoms with Crippen molar-refractivity contribution in [2.75, 3.05) is 19.6 Å². The van der Waals surface area contributed by atoms with Gasteiger partial charge in [0.05, 0.1) is 6.54 Å². The van der Waals surface area contributed by atoms with Crippen LogP contribution in [0.15, 0.2) is 17.8 Å². The lowest BCUT2D eigenvalue weighted by Crippen LogP contribution is -2.35. The van der Waals surface area contributed by atoms with Crippen LogP contribution in [-0.2, 0) is 13.1 Å². The van der Waals surface area contributed by atoms with Crippen LogP contribution in [0.3, 0.4) is 0 Å². The number of hydrogen-bond acceptors (Lipinski definition) is 3. The number of nitrogens with zero attached hydrogens (tertiary/aromatic N) is 3. The van der Waals surface area contributed by atoms with Gasteiger partial charge in [-0.15, -0.1) is 0 Å². The predicted octanol–water partition coefficient (Wildman–Crippen LogP) is 2.98. The minimum absolute atomic E-state index is 0.0382. The molecule has 132 valence electrons. The quantitative estimate of drug-likeness (QED) is 0.816. The molecule has 0 spiro atoms. The Morgan fingerprint density at radius 3 is 2.96 bits per heavy atom. The largest absolute Gasteiger partial charge is 0.350 e. The number of carbonyl (C=O) groups is 1. The van der Waals surface area contributed by atoms with Crippen LogP contribution in [0, 0.1) is 5.92 Å². The SMILES string of the molecule is CC(C)CN1CCn2cc(C(=O)NCCC3=CCCCC3)nc2C1. The highest BCUT2D eigenvalue weighted by Crippen LogP contribution is 2.19. The summed E-state index contributed by atoms with van der Waals surface area (Å²) in [5.41, 5.74) is 2.06. The molecule has 0 fully saturated rings. The Balaban J connectivity index is 1.51. The number of allylic oxidation sites excluding steroid dienone is 1. The maximum atomic E-state index is 12.3. The summed E-state index contributed by atoms with van der Waals surface area (Å²) < 4.78 is 2.13. The van der Waals surface area contributed by atoms with Gasteiger partial charge in [0.2, 0.25) is 0 Å². The molecular formula is C19H30N4O. The highest BCUT2D eigenvalue weighted by Gasteiger charge is 2.21. The molecular weight excluding hydrogens is 300 g/mol. The van der Waals surface area contributed by atoms with Crippen LogP contribution in [0.4, 0.5) is 0 Å². The molecule has 5 nitrogen and oxygen atoms in total. The Morgan fingerprint density at radius 1 is 1.33 bits per heavy atom. The number of imidazole rings is 1. The van der Waals surface area contributed by atoms with E-state index in [-0.39, 0.29) is 5.91 Å². The third kappa shape index (κ3) is 4.47. The molecule has 1 aliphatic heterocycles. The fourth-order valence-corrected chi connectivity index (χ4v) is 3.64. The molecule has 1 amide bonds. The maximum absolute atomic E-state index is 12.3. The lowest BCUT2D eigenvalue weighted by molar-refractivity contribution is 0.0949. The summed E-state index contributed by atoms with van der Waals surface area (Å²) >= 11 is 0. The van der Waals surface area contributed by atoms with Crippen LogP contribution in [-0.4, -0.2) is 40.0 Å². The highest BCUT2D eigenvalue weighted by molar-refractivity contribution is 5.92. The van der Waals surface area contributed by atoms with Crippen molar-refractivity contribution in [1.82, 2.24) is 19.8 Å². The number of rotatable bonds is 6. The molecule has 0 bridgehead atoms. The van der Waals surface area contributed by atoms with Crippen LogP contribution < -0.4 is 5.32 Å². The van der Waals surface area contributed by atoms with Crippen LogP contribution in [0.1, 0.15) is 62.3 Å². The number of aromatic nitrogens is 2. The number of fused-ring (bicyclic) bond motifs is 1. The van der Waals surface area contributed by atoms with E-state index in [1.165, 1.54) is 31.3 Å². The number of carbonyl (C=O) groups excluding carboxylic acids is 1. The summed E-state index contributed by atoms with van der Waals surface area (Å²) in [5, 5.41) is 3.03. The standard InChI is InChI=1S/C19H30N4O/c1-15(2)12-22-10-11-23-13-17(21-18(23)14-22)19(24)20-9-8-16-6-4-3-5-7-16/h6,13,15H,3-5,7-12,14H2,1-2H3,(H,20,24). The molecule has 3 rings (SSSR count). The fourth-order valence-electron chi connectivity index (χ4n) is 3.64. The van der Waals surface area contributed by atoms with E-state index >= 15 is 0 Å². The Bertz CT molecular complexity index is 603. The molecule has 0 aromatic carbocycles. The average molecular weight is 330 g/mol. The van der Waals surface area contributed by atoms with Crippen LogP contribution in [0.5, 0.6) is 0 Å². The lowest BCUT2D eigenvalue weighted by Gasteiger charge is -2.28. The van der Waals surface area contributed by atoms with Gasteiger partial charge in [0.15, 0.2) is 0 Å². The first-order valence-electron chi connectivity index (χ1n) is 9.36. The van der Waals surface area contributed by atoms with Crippen molar-refractivity contribution in [3.8, 4) is 0 Å². The maximum Gasteiger partial charge on any atom is 0.271 e. The van der Waals surface area contributed by atoms with Crippen molar-refractivity contribution in [3.05, 3.63) is 29.4 Å². The van der Waals surface area contributed by atoms with E-state index in [1.807, 2.05) is 6.20 Å². The molecule has 1 aliphatic carbocycles. The Morgan fingerprint density at radius 2 is 2.21 bits per heavy atom. The smallest absolute Gasteiger partial charge is 0.271 e. The molecule has 0 saturated heterocycles. The molecule has 24 heavy (non-hydrogen) atoms. The van der Waals surface area contributed by atoms with E-state index in [0.29, 0.717) is 18.2 Å². The van der Waals surface area contributed by atoms with Crippen LogP contribution >= 0.6 is 0 Å². The number of hydrogen-bond donors (Lipinski definition) is 1. The van der Waals surface area contributed by atoms with Crippen LogP contribution in [0.25, 0.3) is 0 Å². The number of nitrogens with one attached hydrogen (secondary N) is 1. The van der Waals surface area contributed by atoms with Crippen molar-refractivity contribution in [2.24, 2.45) is 5.92 Å². The Kier molecular flexibility index (Phi) is 5.72. The van der Waals surface area contributed by atoms with Crippen molar-refractivity contribution >= 4 is 5.91 Å².